The molecule has 7 heteroatoms. The molecule has 2 unspecified atom stereocenters. The third kappa shape index (κ3) is 4.19. The number of rotatable bonds is 5. The quantitative estimate of drug-likeness (QED) is 0.773. The molecular formula is C13H19N3O3S. The lowest BCUT2D eigenvalue weighted by Gasteiger charge is -2.28. The van der Waals surface area contributed by atoms with Crippen LogP contribution >= 0.6 is 11.3 Å². The van der Waals surface area contributed by atoms with Gasteiger partial charge in [0.1, 0.15) is 5.01 Å². The number of hydrogen-bond donors (Lipinski definition) is 3. The van der Waals surface area contributed by atoms with E-state index in [2.05, 4.69) is 15.6 Å². The highest BCUT2D eigenvalue weighted by Crippen LogP contribution is 2.29. The number of aromatic nitrogens is 1. The van der Waals surface area contributed by atoms with Gasteiger partial charge in [-0.1, -0.05) is 12.8 Å². The second kappa shape index (κ2) is 7.23. The molecule has 1 aromatic rings. The summed E-state index contributed by atoms with van der Waals surface area (Å²) in [5.74, 6) is -1.05. The molecular weight excluding hydrogens is 278 g/mol. The van der Waals surface area contributed by atoms with E-state index in [1.807, 2.05) is 5.38 Å². The van der Waals surface area contributed by atoms with Crippen molar-refractivity contribution < 1.29 is 14.7 Å². The van der Waals surface area contributed by atoms with Gasteiger partial charge in [0.05, 0.1) is 12.5 Å². The number of carbonyl (C=O) groups is 2. The summed E-state index contributed by atoms with van der Waals surface area (Å²) in [6.07, 6.45) is 5.27. The average Bonchev–Trinajstić information content (AvgIpc) is 2.96. The Labute approximate surface area is 121 Å². The second-order valence-corrected chi connectivity index (χ2v) is 5.96. The van der Waals surface area contributed by atoms with Crippen molar-refractivity contribution in [2.75, 3.05) is 6.54 Å². The van der Waals surface area contributed by atoms with Crippen molar-refractivity contribution in [3.05, 3.63) is 16.6 Å². The minimum atomic E-state index is -0.750. The van der Waals surface area contributed by atoms with Gasteiger partial charge in [0.15, 0.2) is 0 Å². The molecule has 1 aromatic heterocycles. The molecule has 0 aromatic carbocycles. The molecule has 20 heavy (non-hydrogen) atoms. The zero-order valence-corrected chi connectivity index (χ0v) is 12.0. The Hall–Kier alpha value is -1.63. The third-order valence-corrected chi connectivity index (χ3v) is 4.41. The maximum Gasteiger partial charge on any atom is 0.315 e. The van der Waals surface area contributed by atoms with Gasteiger partial charge in [-0.15, -0.1) is 11.3 Å². The standard InChI is InChI=1S/C13H19N3O3S/c17-12(18)10-4-2-1-3-9(10)7-15-13(19)16-8-11-14-5-6-20-11/h5-6,9-10H,1-4,7-8H2,(H,17,18)(H2,15,16,19). The van der Waals surface area contributed by atoms with Gasteiger partial charge in [-0.05, 0) is 18.8 Å². The summed E-state index contributed by atoms with van der Waals surface area (Å²) < 4.78 is 0. The number of nitrogens with one attached hydrogen (secondary N) is 2. The van der Waals surface area contributed by atoms with Crippen LogP contribution in [0.3, 0.4) is 0 Å². The predicted octanol–water partition coefficient (Wildman–Crippen LogP) is 1.83. The molecule has 6 nitrogen and oxygen atoms in total. The molecule has 2 amide bonds. The molecule has 0 radical (unpaired) electrons. The van der Waals surface area contributed by atoms with E-state index < -0.39 is 5.97 Å². The molecule has 1 fully saturated rings. The van der Waals surface area contributed by atoms with Gasteiger partial charge in [-0.2, -0.15) is 0 Å². The second-order valence-electron chi connectivity index (χ2n) is 4.98. The van der Waals surface area contributed by atoms with Crippen molar-refractivity contribution in [1.29, 1.82) is 0 Å². The van der Waals surface area contributed by atoms with Crippen LogP contribution in [0.5, 0.6) is 0 Å². The van der Waals surface area contributed by atoms with E-state index in [1.165, 1.54) is 11.3 Å². The smallest absolute Gasteiger partial charge is 0.315 e. The first kappa shape index (κ1) is 14.8. The molecule has 1 aliphatic carbocycles. The van der Waals surface area contributed by atoms with Crippen LogP contribution in [0.15, 0.2) is 11.6 Å². The van der Waals surface area contributed by atoms with Gasteiger partial charge >= 0.3 is 12.0 Å². The highest BCUT2D eigenvalue weighted by molar-refractivity contribution is 7.09. The molecule has 1 heterocycles. The zero-order valence-electron chi connectivity index (χ0n) is 11.2. The average molecular weight is 297 g/mol. The van der Waals surface area contributed by atoms with E-state index in [4.69, 9.17) is 5.11 Å². The summed E-state index contributed by atoms with van der Waals surface area (Å²) in [6, 6.07) is -0.269. The minimum Gasteiger partial charge on any atom is -0.481 e. The number of thiazole rings is 1. The van der Waals surface area contributed by atoms with Crippen LogP contribution in [-0.2, 0) is 11.3 Å². The lowest BCUT2D eigenvalue weighted by atomic mass is 9.79. The maximum atomic E-state index is 11.7. The van der Waals surface area contributed by atoms with Gasteiger partial charge in [-0.25, -0.2) is 9.78 Å². The Balaban J connectivity index is 1.72. The molecule has 110 valence electrons. The lowest BCUT2D eigenvalue weighted by Crippen LogP contribution is -2.41. The SMILES string of the molecule is O=C(NCc1nccs1)NCC1CCCCC1C(=O)O. The molecule has 0 bridgehead atoms. The molecule has 2 rings (SSSR count). The minimum absolute atomic E-state index is 0.0341. The van der Waals surface area contributed by atoms with Crippen LogP contribution in [0.1, 0.15) is 30.7 Å². The van der Waals surface area contributed by atoms with Gasteiger partial charge < -0.3 is 15.7 Å². The van der Waals surface area contributed by atoms with Crippen molar-refractivity contribution >= 4 is 23.3 Å². The summed E-state index contributed by atoms with van der Waals surface area (Å²) in [7, 11) is 0. The molecule has 3 N–H and O–H groups in total. The third-order valence-electron chi connectivity index (χ3n) is 3.63. The van der Waals surface area contributed by atoms with Gasteiger partial charge in [0, 0.05) is 18.1 Å². The first-order chi connectivity index (χ1) is 9.66. The molecule has 1 aliphatic rings. The number of hydrogen-bond acceptors (Lipinski definition) is 4. The van der Waals surface area contributed by atoms with E-state index in [1.54, 1.807) is 6.20 Å². The maximum absolute atomic E-state index is 11.7. The zero-order chi connectivity index (χ0) is 14.4. The number of carboxylic acids is 1. The summed E-state index contributed by atoms with van der Waals surface area (Å²) in [6.45, 7) is 0.817. The fraction of sp³-hybridized carbons (Fsp3) is 0.615. The highest BCUT2D eigenvalue weighted by Gasteiger charge is 2.30. The molecule has 0 saturated heterocycles. The predicted molar refractivity (Wildman–Crippen MR) is 75.4 cm³/mol. The van der Waals surface area contributed by atoms with Crippen molar-refractivity contribution in [3.8, 4) is 0 Å². The molecule has 0 aliphatic heterocycles. The Morgan fingerprint density at radius 1 is 1.35 bits per heavy atom. The van der Waals surface area contributed by atoms with Gasteiger partial charge in [0.2, 0.25) is 0 Å². The number of carbonyl (C=O) groups excluding carboxylic acids is 1. The summed E-state index contributed by atoms with van der Waals surface area (Å²) in [5, 5.41) is 17.4. The fourth-order valence-corrected chi connectivity index (χ4v) is 3.12. The molecule has 0 spiro atoms. The van der Waals surface area contributed by atoms with Gasteiger partial charge in [0.25, 0.3) is 0 Å². The summed E-state index contributed by atoms with van der Waals surface area (Å²) in [5.41, 5.74) is 0. The van der Waals surface area contributed by atoms with Crippen LogP contribution in [0.2, 0.25) is 0 Å². The van der Waals surface area contributed by atoms with Crippen molar-refractivity contribution in [3.63, 3.8) is 0 Å². The van der Waals surface area contributed by atoms with E-state index >= 15 is 0 Å². The van der Waals surface area contributed by atoms with E-state index in [9.17, 15) is 9.59 Å². The number of nitrogens with zero attached hydrogens (tertiary/aromatic N) is 1. The normalized spacial score (nSPS) is 22.2. The van der Waals surface area contributed by atoms with Gasteiger partial charge in [-0.3, -0.25) is 4.79 Å². The summed E-state index contributed by atoms with van der Waals surface area (Å²) >= 11 is 1.48. The number of carboxylic acid groups (broad SMARTS) is 1. The van der Waals surface area contributed by atoms with E-state index in [0.29, 0.717) is 19.5 Å². The fourth-order valence-electron chi connectivity index (χ4n) is 2.56. The molecule has 1 saturated carbocycles. The Bertz CT molecular complexity index is 450. The summed E-state index contributed by atoms with van der Waals surface area (Å²) in [4.78, 5) is 26.9. The Kier molecular flexibility index (Phi) is 5.34. The van der Waals surface area contributed by atoms with Crippen molar-refractivity contribution in [1.82, 2.24) is 15.6 Å². The monoisotopic (exact) mass is 297 g/mol. The van der Waals surface area contributed by atoms with E-state index in [0.717, 1.165) is 24.3 Å². The topological polar surface area (TPSA) is 91.3 Å². The lowest BCUT2D eigenvalue weighted by molar-refractivity contribution is -0.144. The molecule has 2 atom stereocenters. The number of aliphatic carboxylic acids is 1. The number of urea groups is 1. The van der Waals surface area contributed by atoms with Crippen molar-refractivity contribution in [2.24, 2.45) is 11.8 Å². The van der Waals surface area contributed by atoms with Crippen LogP contribution in [-0.4, -0.2) is 28.6 Å². The first-order valence-corrected chi connectivity index (χ1v) is 7.67. The largest absolute Gasteiger partial charge is 0.481 e. The van der Waals surface area contributed by atoms with Crippen LogP contribution < -0.4 is 10.6 Å². The van der Waals surface area contributed by atoms with Crippen LogP contribution in [0.4, 0.5) is 4.79 Å². The van der Waals surface area contributed by atoms with Crippen LogP contribution in [0.25, 0.3) is 0 Å². The highest BCUT2D eigenvalue weighted by atomic mass is 32.1. The van der Waals surface area contributed by atoms with E-state index in [-0.39, 0.29) is 17.9 Å². The van der Waals surface area contributed by atoms with Crippen LogP contribution in [0, 0.1) is 11.8 Å². The van der Waals surface area contributed by atoms with Crippen molar-refractivity contribution in [2.45, 2.75) is 32.2 Å². The first-order valence-electron chi connectivity index (χ1n) is 6.79. The Morgan fingerprint density at radius 2 is 2.15 bits per heavy atom. The Morgan fingerprint density at radius 3 is 2.85 bits per heavy atom. The number of amides is 2.